The molecule has 1 aliphatic heterocycles. The Morgan fingerprint density at radius 3 is 2.29 bits per heavy atom. The number of amides is 3. The first-order chi connectivity index (χ1) is 16.3. The van der Waals surface area contributed by atoms with E-state index in [1.807, 2.05) is 42.2 Å². The molecule has 0 saturated carbocycles. The van der Waals surface area contributed by atoms with Gasteiger partial charge in [-0.1, -0.05) is 23.8 Å². The van der Waals surface area contributed by atoms with Crippen molar-refractivity contribution in [2.24, 2.45) is 0 Å². The summed E-state index contributed by atoms with van der Waals surface area (Å²) < 4.78 is 10.7. The van der Waals surface area contributed by atoms with Crippen LogP contribution >= 0.6 is 0 Å². The van der Waals surface area contributed by atoms with Crippen molar-refractivity contribution >= 4 is 17.7 Å². The minimum absolute atomic E-state index is 0.00694. The number of likely N-dealkylation sites (tertiary alicyclic amines) is 1. The highest BCUT2D eigenvalue weighted by Gasteiger charge is 2.28. The first kappa shape index (κ1) is 25.1. The Labute approximate surface area is 200 Å². The number of nitrogens with zero attached hydrogens (tertiary/aromatic N) is 1. The molecule has 34 heavy (non-hydrogen) atoms. The lowest BCUT2D eigenvalue weighted by molar-refractivity contribution is -0.128. The van der Waals surface area contributed by atoms with Crippen LogP contribution in [-0.2, 0) is 16.0 Å². The molecular formula is C26H33N3O5. The number of benzene rings is 2. The van der Waals surface area contributed by atoms with E-state index in [-0.39, 0.29) is 30.2 Å². The first-order valence-corrected chi connectivity index (χ1v) is 11.4. The van der Waals surface area contributed by atoms with Gasteiger partial charge in [-0.05, 0) is 43.5 Å². The summed E-state index contributed by atoms with van der Waals surface area (Å²) in [6, 6.07) is 12.1. The number of carbonyl (C=O) groups excluding carboxylic acids is 3. The number of hydrogen-bond donors (Lipinski definition) is 2. The molecule has 182 valence electrons. The number of aryl methyl sites for hydroxylation is 1. The van der Waals surface area contributed by atoms with E-state index in [4.69, 9.17) is 9.47 Å². The molecule has 2 aromatic rings. The molecule has 8 heteroatoms. The summed E-state index contributed by atoms with van der Waals surface area (Å²) in [5.41, 5.74) is 2.57. The lowest BCUT2D eigenvalue weighted by Gasteiger charge is -2.33. The van der Waals surface area contributed by atoms with Gasteiger partial charge in [0.15, 0.2) is 0 Å². The predicted octanol–water partition coefficient (Wildman–Crippen LogP) is 2.48. The van der Waals surface area contributed by atoms with Gasteiger partial charge in [-0.2, -0.15) is 0 Å². The summed E-state index contributed by atoms with van der Waals surface area (Å²) in [6.45, 7) is 4.51. The van der Waals surface area contributed by atoms with Gasteiger partial charge < -0.3 is 25.0 Å². The normalized spacial score (nSPS) is 14.8. The highest BCUT2D eigenvalue weighted by molar-refractivity contribution is 5.94. The van der Waals surface area contributed by atoms with Crippen LogP contribution in [0.25, 0.3) is 0 Å². The number of piperidine rings is 1. The number of carbonyl (C=O) groups is 3. The molecule has 0 bridgehead atoms. The number of rotatable bonds is 8. The molecular weight excluding hydrogens is 434 g/mol. The SMILES string of the molecule is COc1ccc(C[C@@H](NC(C)=O)C(=O)NC2CCN(C(=O)c3ccc(C)cc3)CC2)c(OC)c1. The van der Waals surface area contributed by atoms with Gasteiger partial charge in [0.1, 0.15) is 17.5 Å². The molecule has 0 radical (unpaired) electrons. The van der Waals surface area contributed by atoms with Crippen molar-refractivity contribution in [2.45, 2.75) is 45.2 Å². The Morgan fingerprint density at radius 2 is 1.71 bits per heavy atom. The molecule has 1 aliphatic rings. The van der Waals surface area contributed by atoms with Crippen LogP contribution in [0.2, 0.25) is 0 Å². The van der Waals surface area contributed by atoms with Crippen molar-refractivity contribution in [3.63, 3.8) is 0 Å². The standard InChI is InChI=1S/C26H33N3O5/c1-17-5-7-19(8-6-17)26(32)29-13-11-21(12-14-29)28-25(31)23(27-18(2)30)15-20-9-10-22(33-3)16-24(20)34-4/h5-10,16,21,23H,11-15H2,1-4H3,(H,27,30)(H,28,31)/t23-/m1/s1. The van der Waals surface area contributed by atoms with E-state index in [1.54, 1.807) is 26.4 Å². The van der Waals surface area contributed by atoms with Crippen molar-refractivity contribution < 1.29 is 23.9 Å². The fraction of sp³-hybridized carbons (Fsp3) is 0.423. The topological polar surface area (TPSA) is 97.0 Å². The zero-order chi connectivity index (χ0) is 24.7. The molecule has 1 saturated heterocycles. The van der Waals surface area contributed by atoms with Crippen molar-refractivity contribution in [2.75, 3.05) is 27.3 Å². The second-order valence-corrected chi connectivity index (χ2v) is 8.58. The number of hydrogen-bond acceptors (Lipinski definition) is 5. The van der Waals surface area contributed by atoms with Gasteiger partial charge in [0, 0.05) is 44.1 Å². The van der Waals surface area contributed by atoms with E-state index < -0.39 is 6.04 Å². The summed E-state index contributed by atoms with van der Waals surface area (Å²) >= 11 is 0. The molecule has 0 unspecified atom stereocenters. The Kier molecular flexibility index (Phi) is 8.51. The minimum Gasteiger partial charge on any atom is -0.497 e. The van der Waals surface area contributed by atoms with Crippen LogP contribution < -0.4 is 20.1 Å². The number of ether oxygens (including phenoxy) is 2. The second kappa shape index (κ2) is 11.5. The number of nitrogens with one attached hydrogen (secondary N) is 2. The quantitative estimate of drug-likeness (QED) is 0.622. The molecule has 1 atom stereocenters. The van der Waals surface area contributed by atoms with Crippen molar-refractivity contribution in [1.82, 2.24) is 15.5 Å². The lowest BCUT2D eigenvalue weighted by atomic mass is 10.0. The van der Waals surface area contributed by atoms with Crippen LogP contribution in [0.15, 0.2) is 42.5 Å². The molecule has 2 aromatic carbocycles. The summed E-state index contributed by atoms with van der Waals surface area (Å²) in [5, 5.41) is 5.80. The summed E-state index contributed by atoms with van der Waals surface area (Å²) in [7, 11) is 3.12. The average molecular weight is 468 g/mol. The van der Waals surface area contributed by atoms with Gasteiger partial charge in [-0.15, -0.1) is 0 Å². The van der Waals surface area contributed by atoms with Gasteiger partial charge >= 0.3 is 0 Å². The van der Waals surface area contributed by atoms with Gasteiger partial charge in [-0.3, -0.25) is 14.4 Å². The highest BCUT2D eigenvalue weighted by atomic mass is 16.5. The van der Waals surface area contributed by atoms with Crippen molar-refractivity contribution in [3.05, 3.63) is 59.2 Å². The molecule has 3 amide bonds. The smallest absolute Gasteiger partial charge is 0.253 e. The molecule has 0 spiro atoms. The zero-order valence-electron chi connectivity index (χ0n) is 20.2. The third-order valence-electron chi connectivity index (χ3n) is 6.04. The average Bonchev–Trinajstić information content (AvgIpc) is 2.84. The maximum atomic E-state index is 13.1. The Hall–Kier alpha value is -3.55. The van der Waals surface area contributed by atoms with Gasteiger partial charge in [0.05, 0.1) is 14.2 Å². The van der Waals surface area contributed by atoms with Crippen LogP contribution in [0.4, 0.5) is 0 Å². The lowest BCUT2D eigenvalue weighted by Crippen LogP contribution is -2.53. The van der Waals surface area contributed by atoms with E-state index in [0.29, 0.717) is 43.0 Å². The van der Waals surface area contributed by atoms with E-state index in [2.05, 4.69) is 10.6 Å². The van der Waals surface area contributed by atoms with Gasteiger partial charge in [0.2, 0.25) is 11.8 Å². The van der Waals surface area contributed by atoms with Gasteiger partial charge in [0.25, 0.3) is 5.91 Å². The molecule has 3 rings (SSSR count). The maximum Gasteiger partial charge on any atom is 0.253 e. The second-order valence-electron chi connectivity index (χ2n) is 8.58. The summed E-state index contributed by atoms with van der Waals surface area (Å²) in [5.74, 6) is 0.702. The minimum atomic E-state index is -0.744. The molecule has 0 aliphatic carbocycles. The zero-order valence-corrected chi connectivity index (χ0v) is 20.2. The Bertz CT molecular complexity index is 1010. The molecule has 0 aromatic heterocycles. The van der Waals surface area contributed by atoms with Crippen LogP contribution in [0.3, 0.4) is 0 Å². The van der Waals surface area contributed by atoms with E-state index >= 15 is 0 Å². The monoisotopic (exact) mass is 467 g/mol. The molecule has 8 nitrogen and oxygen atoms in total. The third kappa shape index (κ3) is 6.50. The van der Waals surface area contributed by atoms with Crippen molar-refractivity contribution in [3.8, 4) is 11.5 Å². The highest BCUT2D eigenvalue weighted by Crippen LogP contribution is 2.26. The largest absolute Gasteiger partial charge is 0.497 e. The fourth-order valence-corrected chi connectivity index (χ4v) is 4.10. The van der Waals surface area contributed by atoms with Gasteiger partial charge in [-0.25, -0.2) is 0 Å². The van der Waals surface area contributed by atoms with Crippen molar-refractivity contribution in [1.29, 1.82) is 0 Å². The number of methoxy groups -OCH3 is 2. The maximum absolute atomic E-state index is 13.1. The first-order valence-electron chi connectivity index (χ1n) is 11.4. The fourth-order valence-electron chi connectivity index (χ4n) is 4.10. The Morgan fingerprint density at radius 1 is 1.03 bits per heavy atom. The van der Waals surface area contributed by atoms with E-state index in [0.717, 1.165) is 11.1 Å². The van der Waals surface area contributed by atoms with Crippen LogP contribution in [0.5, 0.6) is 11.5 Å². The molecule has 1 fully saturated rings. The Balaban J connectivity index is 1.60. The molecule has 2 N–H and O–H groups in total. The summed E-state index contributed by atoms with van der Waals surface area (Å²) in [4.78, 5) is 39.4. The van der Waals surface area contributed by atoms with E-state index in [1.165, 1.54) is 6.92 Å². The van der Waals surface area contributed by atoms with Crippen LogP contribution in [-0.4, -0.2) is 62.0 Å². The third-order valence-corrected chi connectivity index (χ3v) is 6.04. The predicted molar refractivity (Wildman–Crippen MR) is 129 cm³/mol. The summed E-state index contributed by atoms with van der Waals surface area (Å²) in [6.07, 6.45) is 1.59. The van der Waals surface area contributed by atoms with Crippen LogP contribution in [0, 0.1) is 6.92 Å². The van der Waals surface area contributed by atoms with E-state index in [9.17, 15) is 14.4 Å². The molecule has 1 heterocycles. The van der Waals surface area contributed by atoms with Crippen LogP contribution in [0.1, 0.15) is 41.3 Å².